The summed E-state index contributed by atoms with van der Waals surface area (Å²) in [5.41, 5.74) is 0.971. The number of hydrogen-bond donors (Lipinski definition) is 2. The van der Waals surface area contributed by atoms with Gasteiger partial charge in [-0.15, -0.1) is 0 Å². The van der Waals surface area contributed by atoms with Gasteiger partial charge in [-0.3, -0.25) is 9.59 Å². The van der Waals surface area contributed by atoms with E-state index in [2.05, 4.69) is 0 Å². The van der Waals surface area contributed by atoms with E-state index in [-0.39, 0.29) is 22.8 Å². The van der Waals surface area contributed by atoms with E-state index >= 15 is 0 Å². The average Bonchev–Trinajstić information content (AvgIpc) is 3.07. The van der Waals surface area contributed by atoms with Crippen molar-refractivity contribution in [2.24, 2.45) is 0 Å². The van der Waals surface area contributed by atoms with Crippen molar-refractivity contribution < 1.29 is 29.3 Å². The van der Waals surface area contributed by atoms with Crippen molar-refractivity contribution in [2.45, 2.75) is 25.8 Å². The summed E-state index contributed by atoms with van der Waals surface area (Å²) in [7, 11) is 5.30. The van der Waals surface area contributed by atoms with Crippen LogP contribution in [0.2, 0.25) is 0 Å². The van der Waals surface area contributed by atoms with Gasteiger partial charge in [-0.2, -0.15) is 0 Å². The van der Waals surface area contributed by atoms with Crippen LogP contribution in [0.25, 0.3) is 5.76 Å². The molecule has 1 heterocycles. The van der Waals surface area contributed by atoms with Gasteiger partial charge < -0.3 is 29.5 Å². The molecule has 8 nitrogen and oxygen atoms in total. The molecule has 0 aromatic heterocycles. The summed E-state index contributed by atoms with van der Waals surface area (Å²) in [6.07, 6.45) is 1.52. The van der Waals surface area contributed by atoms with Gasteiger partial charge in [0.1, 0.15) is 11.5 Å². The van der Waals surface area contributed by atoms with E-state index in [1.54, 1.807) is 36.4 Å². The van der Waals surface area contributed by atoms with Crippen LogP contribution < -0.4 is 9.47 Å². The number of ketones is 1. The van der Waals surface area contributed by atoms with E-state index in [0.29, 0.717) is 36.4 Å². The molecule has 0 radical (unpaired) electrons. The highest BCUT2D eigenvalue weighted by molar-refractivity contribution is 6.46. The number of phenols is 1. The highest BCUT2D eigenvalue weighted by Gasteiger charge is 2.46. The lowest BCUT2D eigenvalue weighted by atomic mass is 9.95. The lowest BCUT2D eigenvalue weighted by molar-refractivity contribution is -0.139. The van der Waals surface area contributed by atoms with Gasteiger partial charge in [0.15, 0.2) is 11.5 Å². The normalized spacial score (nSPS) is 17.4. The summed E-state index contributed by atoms with van der Waals surface area (Å²) in [6.45, 7) is 3.65. The summed E-state index contributed by atoms with van der Waals surface area (Å²) in [4.78, 5) is 29.6. The average molecular weight is 469 g/mol. The van der Waals surface area contributed by atoms with Crippen LogP contribution in [0.3, 0.4) is 0 Å². The SMILES string of the molecule is CCCOc1ccc(C(O)=C2C(=O)C(=O)N(CCCN(C)C)[C@@H]2c2ccc(O)c(OC)c2)cc1. The Morgan fingerprint density at radius 3 is 2.44 bits per heavy atom. The number of ether oxygens (including phenoxy) is 2. The minimum absolute atomic E-state index is 0.00447. The zero-order chi connectivity index (χ0) is 24.8. The van der Waals surface area contributed by atoms with Gasteiger partial charge in [-0.1, -0.05) is 13.0 Å². The fraction of sp³-hybridized carbons (Fsp3) is 0.385. The first-order valence-corrected chi connectivity index (χ1v) is 11.3. The van der Waals surface area contributed by atoms with Crippen LogP contribution in [0.1, 0.15) is 36.9 Å². The fourth-order valence-corrected chi connectivity index (χ4v) is 3.96. The molecule has 34 heavy (non-hydrogen) atoms. The first kappa shape index (κ1) is 25.1. The Bertz CT molecular complexity index is 1060. The summed E-state index contributed by atoms with van der Waals surface area (Å²) in [6, 6.07) is 10.6. The number of likely N-dealkylation sites (tertiary alicyclic amines) is 1. The van der Waals surface area contributed by atoms with Crippen molar-refractivity contribution in [2.75, 3.05) is 40.9 Å². The monoisotopic (exact) mass is 468 g/mol. The molecule has 0 aliphatic carbocycles. The molecule has 1 saturated heterocycles. The molecule has 182 valence electrons. The third-order valence-corrected chi connectivity index (χ3v) is 5.66. The maximum absolute atomic E-state index is 13.1. The molecule has 1 aliphatic heterocycles. The zero-order valence-electron chi connectivity index (χ0n) is 20.1. The largest absolute Gasteiger partial charge is 0.507 e. The fourth-order valence-electron chi connectivity index (χ4n) is 3.96. The Morgan fingerprint density at radius 1 is 1.12 bits per heavy atom. The highest BCUT2D eigenvalue weighted by atomic mass is 16.5. The second-order valence-electron chi connectivity index (χ2n) is 8.45. The molecule has 0 unspecified atom stereocenters. The van der Waals surface area contributed by atoms with Gasteiger partial charge >= 0.3 is 0 Å². The van der Waals surface area contributed by atoms with Gasteiger partial charge in [-0.25, -0.2) is 0 Å². The molecule has 0 spiro atoms. The van der Waals surface area contributed by atoms with Crippen LogP contribution in [-0.4, -0.2) is 72.6 Å². The Balaban J connectivity index is 2.06. The summed E-state index contributed by atoms with van der Waals surface area (Å²) in [5, 5.41) is 21.2. The summed E-state index contributed by atoms with van der Waals surface area (Å²) >= 11 is 0. The van der Waals surface area contributed by atoms with E-state index in [1.165, 1.54) is 18.1 Å². The molecule has 0 bridgehead atoms. The molecule has 8 heteroatoms. The minimum Gasteiger partial charge on any atom is -0.507 e. The Hall–Kier alpha value is -3.52. The van der Waals surface area contributed by atoms with Crippen LogP contribution in [-0.2, 0) is 9.59 Å². The van der Waals surface area contributed by atoms with Crippen LogP contribution in [0.4, 0.5) is 0 Å². The molecule has 2 aromatic carbocycles. The molecule has 1 atom stereocenters. The number of aliphatic hydroxyl groups excluding tert-OH is 1. The van der Waals surface area contributed by atoms with Gasteiger partial charge in [0.2, 0.25) is 0 Å². The third-order valence-electron chi connectivity index (χ3n) is 5.66. The lowest BCUT2D eigenvalue weighted by Crippen LogP contribution is -2.32. The molecule has 0 saturated carbocycles. The van der Waals surface area contributed by atoms with Crippen LogP contribution >= 0.6 is 0 Å². The number of phenolic OH excluding ortho intramolecular Hbond substituents is 1. The van der Waals surface area contributed by atoms with Crippen molar-refractivity contribution in [3.63, 3.8) is 0 Å². The standard InChI is InChI=1S/C26H32N2O6/c1-5-15-34-19-10-7-17(8-11-19)24(30)22-23(18-9-12-20(29)21(16-18)33-4)28(26(32)25(22)31)14-6-13-27(2)3/h7-12,16,23,29-30H,5-6,13-15H2,1-4H3/t23-/m1/s1. The number of amides is 1. The van der Waals surface area contributed by atoms with E-state index in [9.17, 15) is 19.8 Å². The maximum atomic E-state index is 13.1. The first-order valence-electron chi connectivity index (χ1n) is 11.3. The molecular weight excluding hydrogens is 436 g/mol. The molecule has 1 aliphatic rings. The Kier molecular flexibility index (Phi) is 8.17. The zero-order valence-corrected chi connectivity index (χ0v) is 20.1. The van der Waals surface area contributed by atoms with Gasteiger partial charge in [-0.05, 0) is 75.4 Å². The number of aromatic hydroxyl groups is 1. The molecule has 1 amide bonds. The predicted octanol–water partition coefficient (Wildman–Crippen LogP) is 3.56. The second kappa shape index (κ2) is 11.1. The Labute approximate surface area is 200 Å². The summed E-state index contributed by atoms with van der Waals surface area (Å²) < 4.78 is 10.8. The number of nitrogens with zero attached hydrogens (tertiary/aromatic N) is 2. The van der Waals surface area contributed by atoms with E-state index in [4.69, 9.17) is 9.47 Å². The van der Waals surface area contributed by atoms with Crippen LogP contribution in [0, 0.1) is 0 Å². The predicted molar refractivity (Wildman–Crippen MR) is 129 cm³/mol. The van der Waals surface area contributed by atoms with E-state index in [1.807, 2.05) is 25.9 Å². The summed E-state index contributed by atoms with van der Waals surface area (Å²) in [5.74, 6) is -0.854. The Morgan fingerprint density at radius 2 is 1.82 bits per heavy atom. The first-order chi connectivity index (χ1) is 16.3. The number of Topliss-reactive ketones (excluding diaryl/α,β-unsaturated/α-hetero) is 1. The molecule has 2 N–H and O–H groups in total. The number of carbonyl (C=O) groups is 2. The van der Waals surface area contributed by atoms with Crippen LogP contribution in [0.15, 0.2) is 48.0 Å². The van der Waals surface area contributed by atoms with Crippen LogP contribution in [0.5, 0.6) is 17.2 Å². The number of benzene rings is 2. The molecule has 1 fully saturated rings. The molecule has 2 aromatic rings. The van der Waals surface area contributed by atoms with Gasteiger partial charge in [0.05, 0.1) is 25.3 Å². The van der Waals surface area contributed by atoms with E-state index < -0.39 is 17.7 Å². The quantitative estimate of drug-likeness (QED) is 0.312. The van der Waals surface area contributed by atoms with Gasteiger partial charge in [0, 0.05) is 12.1 Å². The number of methoxy groups -OCH3 is 1. The van der Waals surface area contributed by atoms with Crippen molar-refractivity contribution in [3.8, 4) is 17.2 Å². The van der Waals surface area contributed by atoms with Gasteiger partial charge in [0.25, 0.3) is 11.7 Å². The highest BCUT2D eigenvalue weighted by Crippen LogP contribution is 2.41. The maximum Gasteiger partial charge on any atom is 0.295 e. The van der Waals surface area contributed by atoms with Crippen molar-refractivity contribution >= 4 is 17.4 Å². The third kappa shape index (κ3) is 5.34. The molecular formula is C26H32N2O6. The second-order valence-corrected chi connectivity index (χ2v) is 8.45. The number of rotatable bonds is 10. The topological polar surface area (TPSA) is 99.5 Å². The minimum atomic E-state index is -0.812. The smallest absolute Gasteiger partial charge is 0.295 e. The number of carbonyl (C=O) groups excluding carboxylic acids is 2. The van der Waals surface area contributed by atoms with E-state index in [0.717, 1.165) is 13.0 Å². The molecule has 3 rings (SSSR count). The van der Waals surface area contributed by atoms with Crippen molar-refractivity contribution in [3.05, 3.63) is 59.2 Å². The van der Waals surface area contributed by atoms with Crippen molar-refractivity contribution in [1.82, 2.24) is 9.80 Å². The lowest BCUT2D eigenvalue weighted by Gasteiger charge is -2.26. The number of hydrogen-bond acceptors (Lipinski definition) is 7. The number of aliphatic hydroxyl groups is 1. The van der Waals surface area contributed by atoms with Crippen molar-refractivity contribution in [1.29, 1.82) is 0 Å².